The molecule has 1 aliphatic carbocycles. The molecule has 4 nitrogen and oxygen atoms in total. The Balaban J connectivity index is 1.88. The van der Waals surface area contributed by atoms with Crippen LogP contribution in [0.25, 0.3) is 0 Å². The second kappa shape index (κ2) is 6.39. The van der Waals surface area contributed by atoms with Crippen LogP contribution in [0.4, 0.5) is 4.39 Å². The molecule has 1 aromatic carbocycles. The molecule has 1 unspecified atom stereocenters. The molecule has 1 atom stereocenters. The Morgan fingerprint density at radius 3 is 2.75 bits per heavy atom. The Bertz CT molecular complexity index is 576. The Kier molecular flexibility index (Phi) is 5.01. The van der Waals surface area contributed by atoms with Gasteiger partial charge in [0.25, 0.3) is 0 Å². The molecule has 20 heavy (non-hydrogen) atoms. The van der Waals surface area contributed by atoms with Crippen molar-refractivity contribution >= 4 is 21.6 Å². The fraction of sp³-hybridized carbons (Fsp3) is 0.538. The number of nitrogens with one attached hydrogen (secondary N) is 2. The van der Waals surface area contributed by atoms with Crippen LogP contribution >= 0.6 is 11.6 Å². The van der Waals surface area contributed by atoms with E-state index in [1.54, 1.807) is 6.92 Å². The second-order valence-electron chi connectivity index (χ2n) is 5.11. The topological polar surface area (TPSA) is 58.2 Å². The molecule has 2 rings (SSSR count). The first kappa shape index (κ1) is 15.7. The van der Waals surface area contributed by atoms with Crippen LogP contribution in [0.15, 0.2) is 18.2 Å². The molecular weight excluding hydrogens is 303 g/mol. The van der Waals surface area contributed by atoms with Gasteiger partial charge in [-0.15, -0.1) is 0 Å². The summed E-state index contributed by atoms with van der Waals surface area (Å²) in [5, 5.41) is 2.66. The number of rotatable bonds is 7. The summed E-state index contributed by atoms with van der Waals surface area (Å²) in [6, 6.07) is 4.64. The van der Waals surface area contributed by atoms with Crippen LogP contribution in [0.2, 0.25) is 5.02 Å². The van der Waals surface area contributed by atoms with E-state index < -0.39 is 21.1 Å². The van der Waals surface area contributed by atoms with Crippen molar-refractivity contribution in [1.82, 2.24) is 10.0 Å². The van der Waals surface area contributed by atoms with Crippen LogP contribution in [-0.4, -0.2) is 26.3 Å². The molecule has 1 aromatic rings. The van der Waals surface area contributed by atoms with Gasteiger partial charge in [0.05, 0.1) is 10.3 Å². The molecule has 7 heteroatoms. The third-order valence-corrected chi connectivity index (χ3v) is 5.32. The Morgan fingerprint density at radius 1 is 1.45 bits per heavy atom. The van der Waals surface area contributed by atoms with Gasteiger partial charge in [0.1, 0.15) is 5.82 Å². The van der Waals surface area contributed by atoms with Crippen LogP contribution in [0.1, 0.15) is 25.3 Å². The molecular formula is C13H18ClFN2O2S. The maximum atomic E-state index is 13.0. The van der Waals surface area contributed by atoms with Crippen LogP contribution in [0.3, 0.4) is 0 Å². The quantitative estimate of drug-likeness (QED) is 0.808. The predicted octanol–water partition coefficient (Wildman–Crippen LogP) is 2.04. The minimum atomic E-state index is -3.40. The molecule has 0 radical (unpaired) electrons. The lowest BCUT2D eigenvalue weighted by Gasteiger charge is -2.14. The van der Waals surface area contributed by atoms with Crippen LogP contribution < -0.4 is 10.0 Å². The Morgan fingerprint density at radius 2 is 2.15 bits per heavy atom. The van der Waals surface area contributed by atoms with E-state index in [-0.39, 0.29) is 11.6 Å². The molecule has 0 bridgehead atoms. The Hall–Kier alpha value is -0.690. The van der Waals surface area contributed by atoms with E-state index in [1.165, 1.54) is 18.2 Å². The van der Waals surface area contributed by atoms with Gasteiger partial charge in [-0.05, 0) is 37.5 Å². The van der Waals surface area contributed by atoms with Gasteiger partial charge in [0.2, 0.25) is 10.0 Å². The monoisotopic (exact) mass is 320 g/mol. The lowest BCUT2D eigenvalue weighted by Crippen LogP contribution is -2.39. The average molecular weight is 321 g/mol. The molecule has 0 saturated heterocycles. The molecule has 0 spiro atoms. The zero-order valence-electron chi connectivity index (χ0n) is 11.2. The fourth-order valence-electron chi connectivity index (χ4n) is 1.71. The third-order valence-electron chi connectivity index (χ3n) is 3.26. The van der Waals surface area contributed by atoms with E-state index in [2.05, 4.69) is 10.0 Å². The standard InChI is InChI=1S/C13H18ClFN2O2S/c1-9(7-16-11-3-4-11)20(18,19)17-8-10-2-5-13(15)12(14)6-10/h2,5-6,9,11,16-17H,3-4,7-8H2,1H3. The van der Waals surface area contributed by atoms with Crippen molar-refractivity contribution in [3.8, 4) is 0 Å². The van der Waals surface area contributed by atoms with Gasteiger partial charge in [-0.3, -0.25) is 0 Å². The van der Waals surface area contributed by atoms with Crippen molar-refractivity contribution in [3.63, 3.8) is 0 Å². The highest BCUT2D eigenvalue weighted by Crippen LogP contribution is 2.19. The summed E-state index contributed by atoms with van der Waals surface area (Å²) in [5.74, 6) is -0.514. The molecule has 1 fully saturated rings. The van der Waals surface area contributed by atoms with E-state index in [4.69, 9.17) is 11.6 Å². The summed E-state index contributed by atoms with van der Waals surface area (Å²) in [6.45, 7) is 2.20. The van der Waals surface area contributed by atoms with Gasteiger partial charge in [-0.1, -0.05) is 17.7 Å². The van der Waals surface area contributed by atoms with E-state index in [9.17, 15) is 12.8 Å². The van der Waals surface area contributed by atoms with E-state index in [1.807, 2.05) is 0 Å². The van der Waals surface area contributed by atoms with Gasteiger partial charge >= 0.3 is 0 Å². The third kappa shape index (κ3) is 4.41. The molecule has 112 valence electrons. The number of hydrogen-bond donors (Lipinski definition) is 2. The summed E-state index contributed by atoms with van der Waals surface area (Å²) in [6.07, 6.45) is 2.24. The SMILES string of the molecule is CC(CNC1CC1)S(=O)(=O)NCc1ccc(F)c(Cl)c1. The highest BCUT2D eigenvalue weighted by atomic mass is 35.5. The maximum absolute atomic E-state index is 13.0. The predicted molar refractivity (Wildman–Crippen MR) is 77.7 cm³/mol. The van der Waals surface area contributed by atoms with Crippen LogP contribution in [-0.2, 0) is 16.6 Å². The van der Waals surface area contributed by atoms with Gasteiger partial charge in [-0.25, -0.2) is 17.5 Å². The van der Waals surface area contributed by atoms with Crippen LogP contribution in [0, 0.1) is 5.82 Å². The molecule has 2 N–H and O–H groups in total. The number of benzene rings is 1. The van der Waals surface area contributed by atoms with Crippen molar-refractivity contribution in [3.05, 3.63) is 34.6 Å². The lowest BCUT2D eigenvalue weighted by molar-refractivity contribution is 0.557. The van der Waals surface area contributed by atoms with Gasteiger partial charge in [0.15, 0.2) is 0 Å². The van der Waals surface area contributed by atoms with E-state index in [0.717, 1.165) is 12.8 Å². The minimum Gasteiger partial charge on any atom is -0.313 e. The summed E-state index contributed by atoms with van der Waals surface area (Å²) in [4.78, 5) is 0. The number of halogens is 2. The molecule has 0 amide bonds. The molecule has 1 aliphatic rings. The van der Waals surface area contributed by atoms with Gasteiger partial charge in [-0.2, -0.15) is 0 Å². The van der Waals surface area contributed by atoms with Crippen LogP contribution in [0.5, 0.6) is 0 Å². The molecule has 0 aromatic heterocycles. The van der Waals surface area contributed by atoms with Gasteiger partial charge in [0, 0.05) is 19.1 Å². The van der Waals surface area contributed by atoms with Crippen molar-refractivity contribution in [2.24, 2.45) is 0 Å². The summed E-state index contributed by atoms with van der Waals surface area (Å²) in [5.41, 5.74) is 0.627. The van der Waals surface area contributed by atoms with E-state index >= 15 is 0 Å². The highest BCUT2D eigenvalue weighted by molar-refractivity contribution is 7.90. The lowest BCUT2D eigenvalue weighted by atomic mass is 10.2. The van der Waals surface area contributed by atoms with Crippen molar-refractivity contribution in [1.29, 1.82) is 0 Å². The second-order valence-corrected chi connectivity index (χ2v) is 7.70. The molecule has 0 aliphatic heterocycles. The summed E-state index contributed by atoms with van der Waals surface area (Å²) < 4.78 is 39.6. The van der Waals surface area contributed by atoms with Crippen molar-refractivity contribution in [2.45, 2.75) is 37.6 Å². The zero-order chi connectivity index (χ0) is 14.8. The molecule has 0 heterocycles. The summed E-state index contributed by atoms with van der Waals surface area (Å²) >= 11 is 5.66. The zero-order valence-corrected chi connectivity index (χ0v) is 12.8. The largest absolute Gasteiger partial charge is 0.313 e. The van der Waals surface area contributed by atoms with Crippen molar-refractivity contribution in [2.75, 3.05) is 6.54 Å². The van der Waals surface area contributed by atoms with Crippen molar-refractivity contribution < 1.29 is 12.8 Å². The van der Waals surface area contributed by atoms with Gasteiger partial charge < -0.3 is 5.32 Å². The molecule has 1 saturated carbocycles. The first-order chi connectivity index (χ1) is 9.38. The first-order valence-electron chi connectivity index (χ1n) is 6.54. The van der Waals surface area contributed by atoms with E-state index in [0.29, 0.717) is 18.2 Å². The highest BCUT2D eigenvalue weighted by Gasteiger charge is 2.25. The maximum Gasteiger partial charge on any atom is 0.215 e. The minimum absolute atomic E-state index is 0.00912. The first-order valence-corrected chi connectivity index (χ1v) is 8.46. The average Bonchev–Trinajstić information content (AvgIpc) is 3.21. The Labute approximate surface area is 123 Å². The normalized spacial score (nSPS) is 17.1. The smallest absolute Gasteiger partial charge is 0.215 e. The number of sulfonamides is 1. The summed E-state index contributed by atoms with van der Waals surface area (Å²) in [7, 11) is -3.40. The number of hydrogen-bond acceptors (Lipinski definition) is 3. The fourth-order valence-corrected chi connectivity index (χ4v) is 2.88.